The third-order valence-electron chi connectivity index (χ3n) is 0. The van der Waals surface area contributed by atoms with Crippen LogP contribution in [0.15, 0.2) is 0 Å². The van der Waals surface area contributed by atoms with E-state index in [1.54, 1.807) is 0 Å². The average Bonchev–Trinajstić information content (AvgIpc) is 0.918. The molecule has 0 saturated heterocycles. The topological polar surface area (TPSA) is 65.8 Å². The van der Waals surface area contributed by atoms with Gasteiger partial charge < -0.3 is 5.48 Å². The van der Waals surface area contributed by atoms with Crippen molar-refractivity contribution in [2.24, 2.45) is 0 Å². The zero-order valence-electron chi connectivity index (χ0n) is 2.55. The van der Waals surface area contributed by atoms with Crippen molar-refractivity contribution in [2.75, 3.05) is 0 Å². The number of hydrogen-bond donors (Lipinski definition) is 1. The fourth-order valence-electron chi connectivity index (χ4n) is 0. The second-order valence-corrected chi connectivity index (χ2v) is 0.316. The Morgan fingerprint density at radius 3 is 1.60 bits per heavy atom. The van der Waals surface area contributed by atoms with Gasteiger partial charge >= 0.3 is 61.2 Å². The summed E-state index contributed by atoms with van der Waals surface area (Å²) in [7, 11) is 0. The van der Waals surface area contributed by atoms with Gasteiger partial charge in [0.1, 0.15) is 0 Å². The monoisotopic (exact) mass is 116 g/mol. The summed E-state index contributed by atoms with van der Waals surface area (Å²) in [6.07, 6.45) is 0. The first-order valence-electron chi connectivity index (χ1n) is 0.494. The molecule has 0 rings (SSSR count). The van der Waals surface area contributed by atoms with Gasteiger partial charge in [0.05, 0.1) is 0 Å². The zero-order chi connectivity index (χ0) is 2.71. The molecular formula is HAlCaO3. The van der Waals surface area contributed by atoms with Crippen LogP contribution >= 0.6 is 0 Å². The number of hydrogen-bond acceptors (Lipinski definition) is 1. The number of rotatable bonds is 0. The quantitative estimate of drug-likeness (QED) is 0.389. The summed E-state index contributed by atoms with van der Waals surface area (Å²) in [4.78, 5) is 0. The summed E-state index contributed by atoms with van der Waals surface area (Å²) in [5.74, 6) is 0. The molecule has 0 aliphatic carbocycles. The summed E-state index contributed by atoms with van der Waals surface area (Å²) >= 11 is -1.50. The zero-order valence-corrected chi connectivity index (χ0v) is 5.91. The minimum atomic E-state index is -1.50. The van der Waals surface area contributed by atoms with Crippen LogP contribution < -0.4 is 0 Å². The van der Waals surface area contributed by atoms with Crippen LogP contribution in [0.1, 0.15) is 0 Å². The van der Waals surface area contributed by atoms with Crippen molar-refractivity contribution in [1.29, 1.82) is 0 Å². The van der Waals surface area contributed by atoms with Crippen molar-refractivity contribution in [2.45, 2.75) is 0 Å². The van der Waals surface area contributed by atoms with Gasteiger partial charge in [-0.3, -0.25) is 0 Å². The van der Waals surface area contributed by atoms with Gasteiger partial charge in [-0.25, -0.2) is 0 Å². The van der Waals surface area contributed by atoms with Crippen molar-refractivity contribution < 1.29 is 13.4 Å². The molecule has 5 heteroatoms. The molecule has 0 heterocycles. The normalized spacial score (nSPS) is 1.60. The Bertz CT molecular complexity index is 14.4. The van der Waals surface area contributed by atoms with E-state index in [1.807, 2.05) is 0 Å². The fraction of sp³-hybridized carbons (Fsp3) is 0. The van der Waals surface area contributed by atoms with E-state index >= 15 is 0 Å². The van der Waals surface area contributed by atoms with Gasteiger partial charge in [0.2, 0.25) is 0 Å². The van der Waals surface area contributed by atoms with Gasteiger partial charge in [0.15, 0.2) is 0 Å². The molecule has 0 bridgehead atoms. The van der Waals surface area contributed by atoms with E-state index in [9.17, 15) is 0 Å². The van der Waals surface area contributed by atoms with Gasteiger partial charge in [0.25, 0.3) is 0 Å². The first-order chi connectivity index (χ1) is 1.41. The predicted octanol–water partition coefficient (Wildman–Crippen LogP) is -1.56. The second kappa shape index (κ2) is 18.3. The van der Waals surface area contributed by atoms with E-state index in [-0.39, 0.29) is 43.2 Å². The van der Waals surface area contributed by atoms with Crippen LogP contribution in [-0.4, -0.2) is 57.4 Å². The van der Waals surface area contributed by atoms with Gasteiger partial charge in [-0.15, -0.1) is 0 Å². The van der Waals surface area contributed by atoms with Crippen molar-refractivity contribution in [3.8, 4) is 0 Å². The molecule has 0 aliphatic rings. The third kappa shape index (κ3) is 32.9. The SMILES string of the molecule is [Ca+2].[O-2].[O]=[Al][OH]. The van der Waals surface area contributed by atoms with Crippen LogP contribution in [0.3, 0.4) is 0 Å². The van der Waals surface area contributed by atoms with Crippen LogP contribution in [0.25, 0.3) is 0 Å². The molecule has 0 spiro atoms. The van der Waals surface area contributed by atoms with E-state index in [0.29, 0.717) is 0 Å². The van der Waals surface area contributed by atoms with Gasteiger partial charge in [-0.2, -0.15) is 0 Å². The van der Waals surface area contributed by atoms with E-state index in [2.05, 4.69) is 0 Å². The molecule has 0 amide bonds. The van der Waals surface area contributed by atoms with E-state index in [0.717, 1.165) is 0 Å². The fourth-order valence-corrected chi connectivity index (χ4v) is 0. The molecule has 1 N–H and O–H groups in total. The molecule has 5 heavy (non-hydrogen) atoms. The van der Waals surface area contributed by atoms with Gasteiger partial charge in [-0.05, 0) is 0 Å². The predicted molar refractivity (Wildman–Crippen MR) is 15.1 cm³/mol. The van der Waals surface area contributed by atoms with Gasteiger partial charge in [0, 0.05) is 0 Å². The molecule has 24 valence electrons. The van der Waals surface area contributed by atoms with Crippen LogP contribution in [0.4, 0.5) is 0 Å². The van der Waals surface area contributed by atoms with Crippen molar-refractivity contribution in [1.82, 2.24) is 0 Å². The summed E-state index contributed by atoms with van der Waals surface area (Å²) in [6, 6.07) is 0. The maximum absolute atomic E-state index is 8.57. The first kappa shape index (κ1) is 16.2. The maximum atomic E-state index is 8.57. The molecule has 0 aliphatic heterocycles. The average molecular weight is 116 g/mol. The minimum absolute atomic E-state index is 0. The Hall–Kier alpha value is 1.35. The van der Waals surface area contributed by atoms with Crippen LogP contribution in [-0.2, 0) is 9.28 Å². The standard InChI is InChI=1S/Al.Ca.H2O.2O/h;;1H2;;/q+1;+2;;;-2/p-1. The molecule has 0 aromatic heterocycles. The Kier molecular flexibility index (Phi) is 59.3. The molecule has 3 nitrogen and oxygen atoms in total. The summed E-state index contributed by atoms with van der Waals surface area (Å²) < 4.78 is 15.7. The molecule has 0 atom stereocenters. The summed E-state index contributed by atoms with van der Waals surface area (Å²) in [5, 5.41) is 0. The van der Waals surface area contributed by atoms with Crippen molar-refractivity contribution in [3.63, 3.8) is 0 Å². The van der Waals surface area contributed by atoms with E-state index < -0.39 is 15.5 Å². The van der Waals surface area contributed by atoms with Crippen molar-refractivity contribution in [3.05, 3.63) is 0 Å². The molecule has 0 aromatic carbocycles. The molecule has 0 aromatic rings. The van der Waals surface area contributed by atoms with Crippen LogP contribution in [0.2, 0.25) is 0 Å². The van der Waals surface area contributed by atoms with E-state index in [1.165, 1.54) is 0 Å². The second-order valence-electron chi connectivity index (χ2n) is 0.105. The summed E-state index contributed by atoms with van der Waals surface area (Å²) in [5.41, 5.74) is 0. The van der Waals surface area contributed by atoms with Crippen LogP contribution in [0, 0.1) is 0 Å². The molecule has 0 saturated carbocycles. The van der Waals surface area contributed by atoms with Crippen molar-refractivity contribution >= 4 is 53.2 Å². The molecule has 0 radical (unpaired) electrons. The summed E-state index contributed by atoms with van der Waals surface area (Å²) in [6.45, 7) is 0. The van der Waals surface area contributed by atoms with Gasteiger partial charge in [-0.1, -0.05) is 0 Å². The molecule has 0 unspecified atom stereocenters. The Labute approximate surface area is 65.9 Å². The molecule has 0 fully saturated rings. The first-order valence-corrected chi connectivity index (χ1v) is 1.48. The van der Waals surface area contributed by atoms with Crippen LogP contribution in [0.5, 0.6) is 0 Å². The molecular weight excluding hydrogens is 115 g/mol. The Morgan fingerprint density at radius 2 is 1.60 bits per heavy atom. The van der Waals surface area contributed by atoms with E-state index in [4.69, 9.17) is 7.96 Å². The Balaban J connectivity index is -0.0000000200. The Morgan fingerprint density at radius 1 is 1.60 bits per heavy atom. The third-order valence-corrected chi connectivity index (χ3v) is 0.